The molecule has 0 radical (unpaired) electrons. The highest BCUT2D eigenvalue weighted by atomic mass is 35.5. The molecule has 118 valence electrons. The number of carbonyl (C=O) groups excluding carboxylic acids is 1. The van der Waals surface area contributed by atoms with E-state index in [1.54, 1.807) is 6.07 Å². The smallest absolute Gasteiger partial charge is 0.223 e. The Bertz CT molecular complexity index is 612. The van der Waals surface area contributed by atoms with Gasteiger partial charge in [-0.25, -0.2) is 0 Å². The third-order valence-corrected chi connectivity index (χ3v) is 4.20. The lowest BCUT2D eigenvalue weighted by atomic mass is 10.1. The van der Waals surface area contributed by atoms with Gasteiger partial charge in [0.25, 0.3) is 0 Å². The highest BCUT2D eigenvalue weighted by molar-refractivity contribution is 6.36. The third kappa shape index (κ3) is 3.94. The molecule has 0 spiro atoms. The minimum Gasteiger partial charge on any atom is -0.487 e. The van der Waals surface area contributed by atoms with Crippen LogP contribution in [0.4, 0.5) is 0 Å². The van der Waals surface area contributed by atoms with Gasteiger partial charge in [0, 0.05) is 36.1 Å². The van der Waals surface area contributed by atoms with E-state index in [-0.39, 0.29) is 11.8 Å². The first-order valence-corrected chi connectivity index (χ1v) is 8.19. The molecule has 1 aromatic carbocycles. The fourth-order valence-electron chi connectivity index (χ4n) is 2.38. The van der Waals surface area contributed by atoms with Gasteiger partial charge in [-0.1, -0.05) is 23.2 Å². The number of hydrogen-bond donors (Lipinski definition) is 2. The molecule has 1 saturated carbocycles. The van der Waals surface area contributed by atoms with E-state index in [0.29, 0.717) is 35.5 Å². The largest absolute Gasteiger partial charge is 0.487 e. The zero-order valence-corrected chi connectivity index (χ0v) is 13.6. The van der Waals surface area contributed by atoms with E-state index in [9.17, 15) is 4.79 Å². The lowest BCUT2D eigenvalue weighted by molar-refractivity contribution is -0.122. The van der Waals surface area contributed by atoms with Crippen molar-refractivity contribution in [3.63, 3.8) is 0 Å². The van der Waals surface area contributed by atoms with Crippen molar-refractivity contribution in [3.8, 4) is 5.75 Å². The summed E-state index contributed by atoms with van der Waals surface area (Å²) in [7, 11) is 0. The average molecular weight is 341 g/mol. The normalized spacial score (nSPS) is 16.5. The summed E-state index contributed by atoms with van der Waals surface area (Å²) >= 11 is 12.1. The maximum absolute atomic E-state index is 11.5. The molecule has 4 nitrogen and oxygen atoms in total. The van der Waals surface area contributed by atoms with E-state index >= 15 is 0 Å². The fraction of sp³-hybridized carbons (Fsp3) is 0.438. The molecule has 1 aromatic rings. The molecule has 0 atom stereocenters. The highest BCUT2D eigenvalue weighted by Gasteiger charge is 2.28. The summed E-state index contributed by atoms with van der Waals surface area (Å²) < 4.78 is 5.69. The summed E-state index contributed by atoms with van der Waals surface area (Å²) in [4.78, 5) is 11.5. The van der Waals surface area contributed by atoms with Crippen LogP contribution in [0.2, 0.25) is 10.0 Å². The summed E-state index contributed by atoms with van der Waals surface area (Å²) in [5.74, 6) is 1.13. The molecule has 1 aliphatic heterocycles. The molecule has 1 amide bonds. The van der Waals surface area contributed by atoms with E-state index < -0.39 is 0 Å². The van der Waals surface area contributed by atoms with Gasteiger partial charge < -0.3 is 15.4 Å². The Balaban J connectivity index is 1.46. The molecule has 1 heterocycles. The van der Waals surface area contributed by atoms with Crippen LogP contribution in [0, 0.1) is 5.92 Å². The van der Waals surface area contributed by atoms with Gasteiger partial charge in [-0.15, -0.1) is 0 Å². The molecule has 0 aromatic heterocycles. The predicted octanol–water partition coefficient (Wildman–Crippen LogP) is 2.89. The second-order valence-electron chi connectivity index (χ2n) is 5.64. The van der Waals surface area contributed by atoms with Crippen molar-refractivity contribution in [2.45, 2.75) is 12.8 Å². The number of rotatable bonds is 6. The second kappa shape index (κ2) is 6.90. The van der Waals surface area contributed by atoms with Crippen molar-refractivity contribution in [2.24, 2.45) is 5.92 Å². The topological polar surface area (TPSA) is 50.4 Å². The summed E-state index contributed by atoms with van der Waals surface area (Å²) in [5, 5.41) is 7.36. The molecule has 1 fully saturated rings. The maximum atomic E-state index is 11.5. The van der Waals surface area contributed by atoms with Gasteiger partial charge in [-0.05, 0) is 36.6 Å². The highest BCUT2D eigenvalue weighted by Crippen LogP contribution is 2.36. The number of halogens is 2. The number of benzene rings is 1. The average Bonchev–Trinajstić information content (AvgIpc) is 3.30. The first kappa shape index (κ1) is 15.7. The number of fused-ring (bicyclic) bond motifs is 1. The van der Waals surface area contributed by atoms with Crippen LogP contribution in [0.1, 0.15) is 18.4 Å². The van der Waals surface area contributed by atoms with Crippen molar-refractivity contribution < 1.29 is 9.53 Å². The van der Waals surface area contributed by atoms with Crippen LogP contribution in [-0.4, -0.2) is 32.1 Å². The van der Waals surface area contributed by atoms with Crippen molar-refractivity contribution >= 4 is 35.2 Å². The van der Waals surface area contributed by atoms with Gasteiger partial charge in [0.1, 0.15) is 12.4 Å². The lowest BCUT2D eigenvalue weighted by Gasteiger charge is -2.19. The van der Waals surface area contributed by atoms with Gasteiger partial charge in [0.05, 0.1) is 5.02 Å². The van der Waals surface area contributed by atoms with Gasteiger partial charge in [-0.2, -0.15) is 0 Å². The van der Waals surface area contributed by atoms with E-state index in [2.05, 4.69) is 10.6 Å². The second-order valence-corrected chi connectivity index (χ2v) is 6.48. The zero-order valence-electron chi connectivity index (χ0n) is 12.1. The van der Waals surface area contributed by atoms with Crippen molar-refractivity contribution in [1.82, 2.24) is 10.6 Å². The Morgan fingerprint density at radius 1 is 1.27 bits per heavy atom. The molecule has 0 bridgehead atoms. The maximum Gasteiger partial charge on any atom is 0.223 e. The van der Waals surface area contributed by atoms with Gasteiger partial charge in [0.2, 0.25) is 5.91 Å². The molecular formula is C16H18Cl2N2O2. The fourth-order valence-corrected chi connectivity index (χ4v) is 2.94. The third-order valence-electron chi connectivity index (χ3n) is 3.70. The summed E-state index contributed by atoms with van der Waals surface area (Å²) in [6.07, 6.45) is 4.12. The Morgan fingerprint density at radius 3 is 2.86 bits per heavy atom. The quantitative estimate of drug-likeness (QED) is 0.783. The molecule has 3 rings (SSSR count). The summed E-state index contributed by atoms with van der Waals surface area (Å²) in [5.41, 5.74) is 2.03. The van der Waals surface area contributed by atoms with Crippen LogP contribution >= 0.6 is 23.2 Å². The molecule has 0 saturated heterocycles. The van der Waals surface area contributed by atoms with E-state index in [0.717, 1.165) is 30.5 Å². The minimum absolute atomic E-state index is 0.181. The van der Waals surface area contributed by atoms with Crippen LogP contribution in [0.25, 0.3) is 6.08 Å². The number of nitrogens with one attached hydrogen (secondary N) is 2. The van der Waals surface area contributed by atoms with Gasteiger partial charge in [0.15, 0.2) is 0 Å². The van der Waals surface area contributed by atoms with Crippen molar-refractivity contribution in [3.05, 3.63) is 33.3 Å². The van der Waals surface area contributed by atoms with E-state index in [4.69, 9.17) is 27.9 Å². The number of amides is 1. The van der Waals surface area contributed by atoms with Crippen LogP contribution in [-0.2, 0) is 4.79 Å². The lowest BCUT2D eigenvalue weighted by Crippen LogP contribution is -2.33. The predicted molar refractivity (Wildman–Crippen MR) is 88.5 cm³/mol. The summed E-state index contributed by atoms with van der Waals surface area (Å²) in [6.45, 7) is 2.61. The van der Waals surface area contributed by atoms with Crippen LogP contribution in [0.3, 0.4) is 0 Å². The molecule has 6 heteroatoms. The van der Waals surface area contributed by atoms with Crippen LogP contribution in [0.15, 0.2) is 17.7 Å². The van der Waals surface area contributed by atoms with Crippen LogP contribution < -0.4 is 15.4 Å². The Morgan fingerprint density at radius 2 is 2.09 bits per heavy atom. The molecule has 0 unspecified atom stereocenters. The Kier molecular flexibility index (Phi) is 4.91. The zero-order chi connectivity index (χ0) is 15.5. The van der Waals surface area contributed by atoms with E-state index in [1.165, 1.54) is 0 Å². The minimum atomic E-state index is 0.181. The van der Waals surface area contributed by atoms with Gasteiger partial charge in [-0.3, -0.25) is 4.79 Å². The Labute approximate surface area is 139 Å². The first-order valence-electron chi connectivity index (χ1n) is 7.43. The first-order chi connectivity index (χ1) is 10.6. The monoisotopic (exact) mass is 340 g/mol. The molecule has 1 aliphatic carbocycles. The molecule has 2 N–H and O–H groups in total. The number of hydrogen-bond acceptors (Lipinski definition) is 3. The summed E-state index contributed by atoms with van der Waals surface area (Å²) in [6, 6.07) is 3.53. The molecule has 22 heavy (non-hydrogen) atoms. The van der Waals surface area contributed by atoms with E-state index in [1.807, 2.05) is 12.1 Å². The number of carbonyl (C=O) groups is 1. The molecular weight excluding hydrogens is 323 g/mol. The van der Waals surface area contributed by atoms with Gasteiger partial charge >= 0.3 is 0 Å². The number of ether oxygens (including phenoxy) is 1. The van der Waals surface area contributed by atoms with Crippen LogP contribution in [0.5, 0.6) is 5.75 Å². The SMILES string of the molecule is O=C(NCCNCC1=Cc2cc(Cl)cc(Cl)c2OC1)C1CC1. The van der Waals surface area contributed by atoms with Crippen molar-refractivity contribution in [2.75, 3.05) is 26.2 Å². The molecule has 2 aliphatic rings. The Hall–Kier alpha value is -1.23. The standard InChI is InChI=1S/C16H18Cl2N2O2/c17-13-6-12-5-10(9-22-15(12)14(18)7-13)8-19-3-4-20-16(21)11-1-2-11/h5-7,11,19H,1-4,8-9H2,(H,20,21). The van der Waals surface area contributed by atoms with Crippen molar-refractivity contribution in [1.29, 1.82) is 0 Å².